The lowest BCUT2D eigenvalue weighted by Gasteiger charge is -2.12. The third-order valence-electron chi connectivity index (χ3n) is 2.48. The molecule has 0 amide bonds. The fraction of sp³-hybridized carbons (Fsp3) is 0.182. The van der Waals surface area contributed by atoms with Gasteiger partial charge in [0.15, 0.2) is 4.21 Å². The van der Waals surface area contributed by atoms with Crippen LogP contribution in [0.2, 0.25) is 0 Å². The molecular weight excluding hydrogens is 327 g/mol. The Bertz CT molecular complexity index is 769. The van der Waals surface area contributed by atoms with Gasteiger partial charge in [-0.25, -0.2) is 13.4 Å². The van der Waals surface area contributed by atoms with Crippen molar-refractivity contribution < 1.29 is 21.6 Å². The van der Waals surface area contributed by atoms with E-state index in [9.17, 15) is 21.6 Å². The van der Waals surface area contributed by atoms with Crippen LogP contribution in [0.15, 0.2) is 28.6 Å². The lowest BCUT2D eigenvalue weighted by Crippen LogP contribution is -2.14. The monoisotopic (exact) mass is 337 g/mol. The number of hydrogen-bond acceptors (Lipinski definition) is 5. The molecule has 0 unspecified atom stereocenters. The second-order valence-electron chi connectivity index (χ2n) is 4.10. The Kier molecular flexibility index (Phi) is 3.85. The van der Waals surface area contributed by atoms with E-state index in [0.717, 1.165) is 29.7 Å². The fourth-order valence-corrected chi connectivity index (χ4v) is 3.69. The minimum absolute atomic E-state index is 0.0783. The summed E-state index contributed by atoms with van der Waals surface area (Å²) < 4.78 is 64.2. The van der Waals surface area contributed by atoms with E-state index in [1.165, 1.54) is 0 Å². The third kappa shape index (κ3) is 3.45. The van der Waals surface area contributed by atoms with E-state index in [1.54, 1.807) is 6.92 Å². The molecule has 1 aromatic carbocycles. The molecular formula is C11H10F3N3O2S2. The molecule has 5 nitrogen and oxygen atoms in total. The van der Waals surface area contributed by atoms with Crippen LogP contribution in [0.1, 0.15) is 10.6 Å². The highest BCUT2D eigenvalue weighted by Gasteiger charge is 2.33. The number of nitrogens with zero attached hydrogens (tertiary/aromatic N) is 1. The fourth-order valence-electron chi connectivity index (χ4n) is 1.54. The third-order valence-corrected chi connectivity index (χ3v) is 5.23. The number of aryl methyl sites for hydroxylation is 1. The predicted molar refractivity (Wildman–Crippen MR) is 73.5 cm³/mol. The van der Waals surface area contributed by atoms with Crippen molar-refractivity contribution in [1.82, 2.24) is 4.98 Å². The maximum atomic E-state index is 12.7. The molecule has 0 saturated carbocycles. The zero-order valence-electron chi connectivity index (χ0n) is 10.6. The number of benzene rings is 1. The van der Waals surface area contributed by atoms with Crippen LogP contribution in [0.4, 0.5) is 24.5 Å². The van der Waals surface area contributed by atoms with Crippen molar-refractivity contribution in [2.75, 3.05) is 10.5 Å². The Morgan fingerprint density at radius 3 is 2.52 bits per heavy atom. The van der Waals surface area contributed by atoms with Gasteiger partial charge in [0.05, 0.1) is 16.8 Å². The number of thiazole rings is 1. The molecule has 0 bridgehead atoms. The number of nitrogens with two attached hydrogens (primary N) is 1. The Morgan fingerprint density at radius 1 is 1.33 bits per heavy atom. The molecule has 2 aromatic rings. The highest BCUT2D eigenvalue weighted by Crippen LogP contribution is 2.35. The van der Waals surface area contributed by atoms with Crippen LogP contribution in [0.5, 0.6) is 0 Å². The van der Waals surface area contributed by atoms with Gasteiger partial charge in [-0.3, -0.25) is 4.72 Å². The van der Waals surface area contributed by atoms with Crippen molar-refractivity contribution >= 4 is 32.7 Å². The molecule has 0 aliphatic rings. The van der Waals surface area contributed by atoms with Crippen molar-refractivity contribution in [1.29, 1.82) is 0 Å². The Hall–Kier alpha value is -1.81. The first-order valence-electron chi connectivity index (χ1n) is 5.51. The number of nitrogens with one attached hydrogen (secondary N) is 1. The summed E-state index contributed by atoms with van der Waals surface area (Å²) in [6, 6.07) is 2.81. The van der Waals surface area contributed by atoms with Crippen molar-refractivity contribution in [2.24, 2.45) is 0 Å². The van der Waals surface area contributed by atoms with Gasteiger partial charge in [-0.2, -0.15) is 13.2 Å². The zero-order chi connectivity index (χ0) is 15.8. The molecule has 0 saturated heterocycles. The van der Waals surface area contributed by atoms with Gasteiger partial charge in [0.1, 0.15) is 0 Å². The highest BCUT2D eigenvalue weighted by atomic mass is 32.2. The molecule has 0 spiro atoms. The van der Waals surface area contributed by atoms with Crippen molar-refractivity contribution in [3.05, 3.63) is 35.0 Å². The van der Waals surface area contributed by atoms with Gasteiger partial charge >= 0.3 is 6.18 Å². The number of nitrogen functional groups attached to an aromatic ring is 1. The van der Waals surface area contributed by atoms with E-state index in [1.807, 2.05) is 0 Å². The van der Waals surface area contributed by atoms with Crippen LogP contribution < -0.4 is 10.5 Å². The molecule has 1 heterocycles. The normalized spacial score (nSPS) is 12.4. The second kappa shape index (κ2) is 5.19. The summed E-state index contributed by atoms with van der Waals surface area (Å²) >= 11 is 0.918. The van der Waals surface area contributed by atoms with Crippen LogP contribution in [0.25, 0.3) is 0 Å². The predicted octanol–water partition coefficient (Wildman–Crippen LogP) is 2.85. The lowest BCUT2D eigenvalue weighted by molar-refractivity contribution is -0.136. The van der Waals surface area contributed by atoms with E-state index >= 15 is 0 Å². The average molecular weight is 337 g/mol. The molecule has 3 N–H and O–H groups in total. The van der Waals surface area contributed by atoms with Crippen molar-refractivity contribution in [2.45, 2.75) is 17.3 Å². The first-order chi connectivity index (χ1) is 9.59. The summed E-state index contributed by atoms with van der Waals surface area (Å²) in [6.07, 6.45) is -3.52. The van der Waals surface area contributed by atoms with Crippen LogP contribution in [-0.2, 0) is 16.2 Å². The van der Waals surface area contributed by atoms with E-state index < -0.39 is 27.5 Å². The number of aromatic nitrogens is 1. The maximum absolute atomic E-state index is 12.7. The van der Waals surface area contributed by atoms with E-state index in [0.29, 0.717) is 11.1 Å². The molecule has 21 heavy (non-hydrogen) atoms. The summed E-state index contributed by atoms with van der Waals surface area (Å²) in [7, 11) is -3.97. The summed E-state index contributed by atoms with van der Waals surface area (Å²) in [5, 5.41) is 0.531. The van der Waals surface area contributed by atoms with Crippen LogP contribution in [-0.4, -0.2) is 13.4 Å². The van der Waals surface area contributed by atoms with Gasteiger partial charge in [-0.05, 0) is 25.1 Å². The summed E-state index contributed by atoms with van der Waals surface area (Å²) in [4.78, 5) is 3.79. The Balaban J connectivity index is 2.36. The van der Waals surface area contributed by atoms with Gasteiger partial charge in [0, 0.05) is 11.4 Å². The summed E-state index contributed by atoms with van der Waals surface area (Å²) in [5.41, 5.74) is 3.46. The molecule has 0 radical (unpaired) electrons. The largest absolute Gasteiger partial charge is 0.418 e. The van der Waals surface area contributed by atoms with Gasteiger partial charge in [0.25, 0.3) is 10.0 Å². The quantitative estimate of drug-likeness (QED) is 0.844. The number of rotatable bonds is 3. The number of sulfonamides is 1. The molecule has 1 aromatic heterocycles. The van der Waals surface area contributed by atoms with Gasteiger partial charge in [-0.15, -0.1) is 11.3 Å². The highest BCUT2D eigenvalue weighted by molar-refractivity contribution is 7.94. The lowest BCUT2D eigenvalue weighted by atomic mass is 10.1. The molecule has 0 aliphatic heterocycles. The standard InChI is InChI=1S/C11H10F3N3O2S2/c1-6-16-5-10(20-6)21(18,19)17-7-2-3-9(15)8(4-7)11(12,13)14/h2-5,17H,15H2,1H3. The first-order valence-corrected chi connectivity index (χ1v) is 7.81. The second-order valence-corrected chi connectivity index (χ2v) is 7.25. The average Bonchev–Trinajstić information content (AvgIpc) is 2.77. The minimum atomic E-state index is -4.66. The topological polar surface area (TPSA) is 85.1 Å². The Labute approximate surface area is 122 Å². The van der Waals surface area contributed by atoms with E-state index in [-0.39, 0.29) is 9.90 Å². The van der Waals surface area contributed by atoms with E-state index in [2.05, 4.69) is 9.71 Å². The number of hydrogen-bond donors (Lipinski definition) is 2. The first kappa shape index (κ1) is 15.6. The van der Waals surface area contributed by atoms with Crippen LogP contribution in [0.3, 0.4) is 0 Å². The minimum Gasteiger partial charge on any atom is -0.398 e. The van der Waals surface area contributed by atoms with Crippen LogP contribution >= 0.6 is 11.3 Å². The molecule has 10 heteroatoms. The summed E-state index contributed by atoms with van der Waals surface area (Å²) in [6.45, 7) is 1.62. The smallest absolute Gasteiger partial charge is 0.398 e. The molecule has 2 rings (SSSR count). The van der Waals surface area contributed by atoms with Crippen molar-refractivity contribution in [3.8, 4) is 0 Å². The number of anilines is 2. The van der Waals surface area contributed by atoms with E-state index in [4.69, 9.17) is 5.73 Å². The molecule has 114 valence electrons. The summed E-state index contributed by atoms with van der Waals surface area (Å²) in [5.74, 6) is 0. The molecule has 0 atom stereocenters. The van der Waals surface area contributed by atoms with Gasteiger partial charge in [0.2, 0.25) is 0 Å². The molecule has 0 fully saturated rings. The van der Waals surface area contributed by atoms with Crippen molar-refractivity contribution in [3.63, 3.8) is 0 Å². The van der Waals surface area contributed by atoms with Crippen LogP contribution in [0, 0.1) is 6.92 Å². The van der Waals surface area contributed by atoms with Gasteiger partial charge < -0.3 is 5.73 Å². The Morgan fingerprint density at radius 2 is 2.00 bits per heavy atom. The maximum Gasteiger partial charge on any atom is 0.418 e. The zero-order valence-corrected chi connectivity index (χ0v) is 12.2. The number of alkyl halides is 3. The SMILES string of the molecule is Cc1ncc(S(=O)(=O)Nc2ccc(N)c(C(F)(F)F)c2)s1. The van der Waals surface area contributed by atoms with Gasteiger partial charge in [-0.1, -0.05) is 0 Å². The number of halogens is 3. The molecule has 0 aliphatic carbocycles.